The number of amides is 3. The second-order valence-corrected chi connectivity index (χ2v) is 9.05. The summed E-state index contributed by atoms with van der Waals surface area (Å²) in [7, 11) is 0. The van der Waals surface area contributed by atoms with Crippen molar-refractivity contribution in [2.75, 3.05) is 31.1 Å². The van der Waals surface area contributed by atoms with Crippen molar-refractivity contribution in [3.63, 3.8) is 0 Å². The lowest BCUT2D eigenvalue weighted by Gasteiger charge is -2.36. The highest BCUT2D eigenvalue weighted by Gasteiger charge is 2.40. The molecule has 3 heterocycles. The van der Waals surface area contributed by atoms with Crippen LogP contribution in [0.2, 0.25) is 0 Å². The fourth-order valence-corrected chi connectivity index (χ4v) is 4.97. The number of anilines is 1. The Kier molecular flexibility index (Phi) is 5.94. The molecule has 0 saturated carbocycles. The number of nitrogens with zero attached hydrogens (tertiary/aromatic N) is 4. The average molecular weight is 479 g/mol. The smallest absolute Gasteiger partial charge is 0.255 e. The molecule has 2 saturated heterocycles. The molecule has 180 valence electrons. The maximum atomic E-state index is 15.0. The van der Waals surface area contributed by atoms with Crippen molar-refractivity contribution in [1.82, 2.24) is 15.1 Å². The third kappa shape index (κ3) is 4.35. The number of nitrogens with one attached hydrogen (secondary N) is 1. The number of rotatable bonds is 4. The number of hydrogen-bond acceptors (Lipinski definition) is 6. The van der Waals surface area contributed by atoms with Gasteiger partial charge in [-0.15, -0.1) is 0 Å². The molecular formula is C25H23F2N5O3. The van der Waals surface area contributed by atoms with Crippen LogP contribution in [0.25, 0.3) is 0 Å². The van der Waals surface area contributed by atoms with Crippen LogP contribution in [0.4, 0.5) is 14.5 Å². The summed E-state index contributed by atoms with van der Waals surface area (Å²) in [5.41, 5.74) is 2.10. The second kappa shape index (κ2) is 9.07. The number of piperazine rings is 1. The van der Waals surface area contributed by atoms with Gasteiger partial charge in [0.05, 0.1) is 11.3 Å². The lowest BCUT2D eigenvalue weighted by molar-refractivity contribution is -0.136. The maximum Gasteiger partial charge on any atom is 0.255 e. The van der Waals surface area contributed by atoms with Crippen LogP contribution in [0.5, 0.6) is 0 Å². The maximum absolute atomic E-state index is 15.0. The molecule has 1 atom stereocenters. The van der Waals surface area contributed by atoms with E-state index >= 15 is 4.39 Å². The Balaban J connectivity index is 1.25. The number of hydrogen-bond donors (Lipinski definition) is 1. The summed E-state index contributed by atoms with van der Waals surface area (Å²) in [6, 6.07) is 8.57. The van der Waals surface area contributed by atoms with Crippen molar-refractivity contribution >= 4 is 23.4 Å². The lowest BCUT2D eigenvalue weighted by Crippen LogP contribution is -2.52. The first-order chi connectivity index (χ1) is 16.8. The zero-order valence-corrected chi connectivity index (χ0v) is 18.9. The molecule has 0 bridgehead atoms. The van der Waals surface area contributed by atoms with Crippen LogP contribution in [0, 0.1) is 23.0 Å². The molecule has 35 heavy (non-hydrogen) atoms. The lowest BCUT2D eigenvalue weighted by atomic mass is 10.0. The van der Waals surface area contributed by atoms with Crippen molar-refractivity contribution in [1.29, 1.82) is 5.26 Å². The van der Waals surface area contributed by atoms with Gasteiger partial charge in [-0.05, 0) is 41.8 Å². The van der Waals surface area contributed by atoms with Crippen LogP contribution >= 0.6 is 0 Å². The predicted octanol–water partition coefficient (Wildman–Crippen LogP) is 1.92. The van der Waals surface area contributed by atoms with E-state index in [0.29, 0.717) is 44.0 Å². The highest BCUT2D eigenvalue weighted by molar-refractivity contribution is 6.05. The molecule has 2 fully saturated rings. The fourth-order valence-electron chi connectivity index (χ4n) is 4.97. The number of imide groups is 1. The number of nitriles is 1. The van der Waals surface area contributed by atoms with Crippen LogP contribution in [-0.2, 0) is 22.7 Å². The molecule has 3 aliphatic heterocycles. The molecule has 0 radical (unpaired) electrons. The van der Waals surface area contributed by atoms with E-state index in [1.165, 1.54) is 23.1 Å². The first-order valence-corrected chi connectivity index (χ1v) is 11.5. The highest BCUT2D eigenvalue weighted by atomic mass is 19.1. The normalized spacial score (nSPS) is 20.6. The Hall–Kier alpha value is -3.84. The molecule has 10 heteroatoms. The summed E-state index contributed by atoms with van der Waals surface area (Å²) in [6.07, 6.45) is 0.417. The first-order valence-electron chi connectivity index (χ1n) is 11.5. The number of carbonyl (C=O) groups excluding carboxylic acids is 3. The van der Waals surface area contributed by atoms with Crippen molar-refractivity contribution < 1.29 is 23.2 Å². The van der Waals surface area contributed by atoms with E-state index in [0.717, 1.165) is 5.56 Å². The van der Waals surface area contributed by atoms with E-state index in [-0.39, 0.29) is 36.4 Å². The van der Waals surface area contributed by atoms with E-state index < -0.39 is 29.5 Å². The Labute approximate surface area is 200 Å². The largest absolute Gasteiger partial charge is 0.367 e. The molecule has 1 N–H and O–H groups in total. The van der Waals surface area contributed by atoms with Crippen LogP contribution in [-0.4, -0.2) is 59.7 Å². The van der Waals surface area contributed by atoms with Gasteiger partial charge in [0.1, 0.15) is 23.7 Å². The summed E-state index contributed by atoms with van der Waals surface area (Å²) < 4.78 is 28.9. The standard InChI is InChI=1S/C25H23F2N5O3/c26-19-9-15(1-2-16(19)12-28)13-30-5-7-31(8-6-30)22-10-17-14-32(25(35)18(17)11-20(22)27)21-3-4-23(33)29-24(21)34/h1-2,9-11,21H,3-8,13-14H2,(H,29,33,34). The number of fused-ring (bicyclic) bond motifs is 1. The molecule has 8 nitrogen and oxygen atoms in total. The number of piperidine rings is 1. The van der Waals surface area contributed by atoms with E-state index in [1.54, 1.807) is 12.1 Å². The quantitative estimate of drug-likeness (QED) is 0.674. The topological polar surface area (TPSA) is 96.8 Å². The Morgan fingerprint density at radius 1 is 1.03 bits per heavy atom. The van der Waals surface area contributed by atoms with Gasteiger partial charge in [-0.2, -0.15) is 5.26 Å². The van der Waals surface area contributed by atoms with Crippen LogP contribution in [0.1, 0.15) is 39.9 Å². The molecule has 2 aromatic rings. The molecule has 3 aliphatic rings. The Morgan fingerprint density at radius 3 is 2.49 bits per heavy atom. The van der Waals surface area contributed by atoms with Gasteiger partial charge in [-0.3, -0.25) is 24.6 Å². The minimum Gasteiger partial charge on any atom is -0.367 e. The first kappa shape index (κ1) is 22.9. The van der Waals surface area contributed by atoms with E-state index in [2.05, 4.69) is 10.2 Å². The molecular weight excluding hydrogens is 456 g/mol. The van der Waals surface area contributed by atoms with Crippen molar-refractivity contribution in [2.45, 2.75) is 32.0 Å². The SMILES string of the molecule is N#Cc1ccc(CN2CCN(c3cc4c(cc3F)C(=O)N(C3CCC(=O)NC3=O)C4)CC2)cc1F. The van der Waals surface area contributed by atoms with Crippen LogP contribution in [0.3, 0.4) is 0 Å². The van der Waals surface area contributed by atoms with Crippen molar-refractivity contribution in [2.24, 2.45) is 0 Å². The molecule has 1 unspecified atom stereocenters. The van der Waals surface area contributed by atoms with E-state index in [1.807, 2.05) is 11.0 Å². The van der Waals surface area contributed by atoms with Gasteiger partial charge in [0.2, 0.25) is 11.8 Å². The average Bonchev–Trinajstić information content (AvgIpc) is 3.14. The van der Waals surface area contributed by atoms with Crippen LogP contribution < -0.4 is 10.2 Å². The summed E-state index contributed by atoms with van der Waals surface area (Å²) in [5.74, 6) is -2.29. The van der Waals surface area contributed by atoms with Crippen LogP contribution in [0.15, 0.2) is 30.3 Å². The fraction of sp³-hybridized carbons (Fsp3) is 0.360. The Bertz CT molecular complexity index is 1270. The van der Waals surface area contributed by atoms with E-state index in [9.17, 15) is 18.8 Å². The predicted molar refractivity (Wildman–Crippen MR) is 121 cm³/mol. The van der Waals surface area contributed by atoms with Gasteiger partial charge in [-0.1, -0.05) is 6.07 Å². The zero-order valence-electron chi connectivity index (χ0n) is 18.9. The monoisotopic (exact) mass is 479 g/mol. The van der Waals surface area contributed by atoms with Gasteiger partial charge in [0.15, 0.2) is 0 Å². The van der Waals surface area contributed by atoms with Crippen molar-refractivity contribution in [3.8, 4) is 6.07 Å². The van der Waals surface area contributed by atoms with E-state index in [4.69, 9.17) is 5.26 Å². The highest BCUT2D eigenvalue weighted by Crippen LogP contribution is 2.33. The summed E-state index contributed by atoms with van der Waals surface area (Å²) >= 11 is 0. The molecule has 0 spiro atoms. The van der Waals surface area contributed by atoms with Gasteiger partial charge in [0.25, 0.3) is 5.91 Å². The van der Waals surface area contributed by atoms with Gasteiger partial charge in [-0.25, -0.2) is 8.78 Å². The molecule has 3 amide bonds. The Morgan fingerprint density at radius 2 is 1.80 bits per heavy atom. The third-order valence-electron chi connectivity index (χ3n) is 6.86. The summed E-state index contributed by atoms with van der Waals surface area (Å²) in [4.78, 5) is 42.0. The summed E-state index contributed by atoms with van der Waals surface area (Å²) in [6.45, 7) is 3.11. The minimum atomic E-state index is -0.741. The molecule has 2 aromatic carbocycles. The number of benzene rings is 2. The number of halogens is 2. The van der Waals surface area contributed by atoms with Gasteiger partial charge in [0, 0.05) is 51.3 Å². The molecule has 0 aliphatic carbocycles. The van der Waals surface area contributed by atoms with Gasteiger partial charge < -0.3 is 9.80 Å². The van der Waals surface area contributed by atoms with Crippen molar-refractivity contribution in [3.05, 3.63) is 64.2 Å². The minimum absolute atomic E-state index is 0.0142. The second-order valence-electron chi connectivity index (χ2n) is 9.05. The third-order valence-corrected chi connectivity index (χ3v) is 6.86. The zero-order chi connectivity index (χ0) is 24.7. The van der Waals surface area contributed by atoms with Gasteiger partial charge >= 0.3 is 0 Å². The number of carbonyl (C=O) groups is 3. The molecule has 0 aromatic heterocycles. The molecule has 5 rings (SSSR count). The summed E-state index contributed by atoms with van der Waals surface area (Å²) in [5, 5.41) is 11.1.